The van der Waals surface area contributed by atoms with Crippen molar-refractivity contribution in [1.29, 1.82) is 0 Å². The summed E-state index contributed by atoms with van der Waals surface area (Å²) in [5.74, 6) is 0.848. The molecule has 0 aromatic rings. The van der Waals surface area contributed by atoms with Crippen molar-refractivity contribution in [1.82, 2.24) is 0 Å². The molecule has 0 saturated heterocycles. The predicted molar refractivity (Wildman–Crippen MR) is 53.0 cm³/mol. The van der Waals surface area contributed by atoms with Crippen molar-refractivity contribution in [3.8, 4) is 0 Å². The lowest BCUT2D eigenvalue weighted by Crippen LogP contribution is -2.23. The second-order valence-electron chi connectivity index (χ2n) is 4.94. The van der Waals surface area contributed by atoms with E-state index >= 15 is 0 Å². The van der Waals surface area contributed by atoms with Gasteiger partial charge in [-0.05, 0) is 30.6 Å². The van der Waals surface area contributed by atoms with Gasteiger partial charge in [-0.25, -0.2) is 0 Å². The maximum absolute atomic E-state index is 4.07. The summed E-state index contributed by atoms with van der Waals surface area (Å²) in [5.41, 5.74) is 3.49. The lowest BCUT2D eigenvalue weighted by atomic mass is 9.69. The summed E-state index contributed by atoms with van der Waals surface area (Å²) in [4.78, 5) is 0. The van der Waals surface area contributed by atoms with E-state index in [-0.39, 0.29) is 0 Å². The zero-order valence-corrected chi connectivity index (χ0v) is 8.19. The van der Waals surface area contributed by atoms with Crippen LogP contribution in [0, 0.1) is 11.3 Å². The molecule has 2 aliphatic carbocycles. The molecule has 1 unspecified atom stereocenters. The third kappa shape index (κ3) is 1.14. The molecule has 0 spiro atoms. The molecule has 2 aliphatic rings. The van der Waals surface area contributed by atoms with E-state index in [1.54, 1.807) is 5.57 Å². The van der Waals surface area contributed by atoms with Crippen molar-refractivity contribution >= 4 is 0 Å². The zero-order chi connectivity index (χ0) is 8.77. The fourth-order valence-electron chi connectivity index (χ4n) is 2.76. The van der Waals surface area contributed by atoms with Gasteiger partial charge in [0.25, 0.3) is 0 Å². The molecule has 0 N–H and O–H groups in total. The fourth-order valence-corrected chi connectivity index (χ4v) is 2.76. The van der Waals surface area contributed by atoms with Gasteiger partial charge in [-0.3, -0.25) is 0 Å². The van der Waals surface area contributed by atoms with Crippen molar-refractivity contribution in [2.24, 2.45) is 11.3 Å². The largest absolute Gasteiger partial charge is 0.0958 e. The van der Waals surface area contributed by atoms with Crippen molar-refractivity contribution in [2.45, 2.75) is 39.5 Å². The lowest BCUT2D eigenvalue weighted by molar-refractivity contribution is 0.287. The maximum Gasteiger partial charge on any atom is -0.0139 e. The quantitative estimate of drug-likeness (QED) is 0.509. The van der Waals surface area contributed by atoms with Crippen molar-refractivity contribution in [3.05, 3.63) is 23.8 Å². The van der Waals surface area contributed by atoms with Gasteiger partial charge in [-0.1, -0.05) is 44.1 Å². The van der Waals surface area contributed by atoms with Crippen LogP contribution in [-0.2, 0) is 0 Å². The van der Waals surface area contributed by atoms with Crippen LogP contribution < -0.4 is 0 Å². The number of allylic oxidation sites excluding steroid dienone is 3. The van der Waals surface area contributed by atoms with E-state index in [0.29, 0.717) is 5.41 Å². The van der Waals surface area contributed by atoms with E-state index in [1.165, 1.54) is 31.3 Å². The van der Waals surface area contributed by atoms with Gasteiger partial charge in [0.05, 0.1) is 0 Å². The first kappa shape index (κ1) is 8.10. The first-order chi connectivity index (χ1) is 5.59. The Morgan fingerprint density at radius 2 is 2.25 bits per heavy atom. The zero-order valence-electron chi connectivity index (χ0n) is 8.19. The summed E-state index contributed by atoms with van der Waals surface area (Å²) in [6.45, 7) is 8.82. The molecular weight excluding hydrogens is 144 g/mol. The fraction of sp³-hybridized carbons (Fsp3) is 0.667. The maximum atomic E-state index is 4.07. The molecule has 0 amide bonds. The first-order valence-electron chi connectivity index (χ1n) is 4.99. The second kappa shape index (κ2) is 2.48. The standard InChI is InChI=1S/C12H18/c1-9-7-10-5-4-6-12(2,3)11(10)8-9/h8,10H,1,4-7H2,2-3H3. The summed E-state index contributed by atoms with van der Waals surface area (Å²) in [6.07, 6.45) is 7.75. The number of rotatable bonds is 0. The Kier molecular flexibility index (Phi) is 1.67. The second-order valence-corrected chi connectivity index (χ2v) is 4.94. The Morgan fingerprint density at radius 3 is 2.92 bits per heavy atom. The van der Waals surface area contributed by atoms with Crippen molar-refractivity contribution in [3.63, 3.8) is 0 Å². The smallest absolute Gasteiger partial charge is 0.0139 e. The van der Waals surface area contributed by atoms with E-state index in [1.807, 2.05) is 0 Å². The van der Waals surface area contributed by atoms with Gasteiger partial charge in [0.15, 0.2) is 0 Å². The molecule has 66 valence electrons. The first-order valence-corrected chi connectivity index (χ1v) is 4.99. The Morgan fingerprint density at radius 1 is 1.50 bits per heavy atom. The van der Waals surface area contributed by atoms with Gasteiger partial charge in [-0.15, -0.1) is 0 Å². The summed E-state index contributed by atoms with van der Waals surface area (Å²) < 4.78 is 0. The van der Waals surface area contributed by atoms with Gasteiger partial charge in [0.1, 0.15) is 0 Å². The van der Waals surface area contributed by atoms with Gasteiger partial charge < -0.3 is 0 Å². The third-order valence-electron chi connectivity index (χ3n) is 3.44. The number of hydrogen-bond donors (Lipinski definition) is 0. The molecule has 1 atom stereocenters. The van der Waals surface area contributed by atoms with Gasteiger partial charge in [0, 0.05) is 0 Å². The minimum Gasteiger partial charge on any atom is -0.0958 e. The highest BCUT2D eigenvalue weighted by Crippen LogP contribution is 2.49. The molecule has 0 bridgehead atoms. The summed E-state index contributed by atoms with van der Waals surface area (Å²) in [5, 5.41) is 0. The summed E-state index contributed by atoms with van der Waals surface area (Å²) >= 11 is 0. The normalized spacial score (nSPS) is 33.0. The van der Waals surface area contributed by atoms with Gasteiger partial charge in [0.2, 0.25) is 0 Å². The Labute approximate surface area is 75.4 Å². The van der Waals surface area contributed by atoms with Crippen LogP contribution >= 0.6 is 0 Å². The minimum atomic E-state index is 0.461. The van der Waals surface area contributed by atoms with E-state index in [9.17, 15) is 0 Å². The summed E-state index contributed by atoms with van der Waals surface area (Å²) in [6, 6.07) is 0. The molecule has 1 fully saturated rings. The summed E-state index contributed by atoms with van der Waals surface area (Å²) in [7, 11) is 0. The average molecular weight is 162 g/mol. The van der Waals surface area contributed by atoms with Crippen molar-refractivity contribution < 1.29 is 0 Å². The molecule has 1 saturated carbocycles. The van der Waals surface area contributed by atoms with E-state index < -0.39 is 0 Å². The highest BCUT2D eigenvalue weighted by Gasteiger charge is 2.36. The molecule has 0 aromatic carbocycles. The lowest BCUT2D eigenvalue weighted by Gasteiger charge is -2.36. The van der Waals surface area contributed by atoms with E-state index in [0.717, 1.165) is 5.92 Å². The van der Waals surface area contributed by atoms with Crippen LogP contribution in [0.3, 0.4) is 0 Å². The Bertz CT molecular complexity index is 243. The number of hydrogen-bond acceptors (Lipinski definition) is 0. The highest BCUT2D eigenvalue weighted by molar-refractivity contribution is 5.35. The van der Waals surface area contributed by atoms with Crippen LogP contribution in [0.25, 0.3) is 0 Å². The Hall–Kier alpha value is -0.520. The van der Waals surface area contributed by atoms with Crippen LogP contribution in [0.4, 0.5) is 0 Å². The molecule has 0 heteroatoms. The third-order valence-corrected chi connectivity index (χ3v) is 3.44. The topological polar surface area (TPSA) is 0 Å². The number of fused-ring (bicyclic) bond motifs is 1. The minimum absolute atomic E-state index is 0.461. The molecule has 0 aromatic heterocycles. The predicted octanol–water partition coefficient (Wildman–Crippen LogP) is 3.70. The average Bonchev–Trinajstić information content (AvgIpc) is 2.30. The molecule has 0 radical (unpaired) electrons. The molecule has 0 nitrogen and oxygen atoms in total. The van der Waals surface area contributed by atoms with Crippen LogP contribution in [0.5, 0.6) is 0 Å². The van der Waals surface area contributed by atoms with Crippen LogP contribution in [0.2, 0.25) is 0 Å². The van der Waals surface area contributed by atoms with E-state index in [2.05, 4.69) is 26.5 Å². The molecule has 12 heavy (non-hydrogen) atoms. The Balaban J connectivity index is 2.32. The highest BCUT2D eigenvalue weighted by atomic mass is 14.4. The van der Waals surface area contributed by atoms with Gasteiger partial charge >= 0.3 is 0 Å². The monoisotopic (exact) mass is 162 g/mol. The van der Waals surface area contributed by atoms with Crippen LogP contribution in [-0.4, -0.2) is 0 Å². The molecular formula is C12H18. The van der Waals surface area contributed by atoms with Crippen LogP contribution in [0.15, 0.2) is 23.8 Å². The molecule has 2 rings (SSSR count). The SMILES string of the molecule is C=C1C=C2C(CCCC2(C)C)C1. The van der Waals surface area contributed by atoms with Crippen molar-refractivity contribution in [2.75, 3.05) is 0 Å². The van der Waals surface area contributed by atoms with Crippen LogP contribution in [0.1, 0.15) is 39.5 Å². The van der Waals surface area contributed by atoms with Gasteiger partial charge in [-0.2, -0.15) is 0 Å². The van der Waals surface area contributed by atoms with E-state index in [4.69, 9.17) is 0 Å². The molecule has 0 aliphatic heterocycles. The molecule has 0 heterocycles.